The fourth-order valence-electron chi connectivity index (χ4n) is 1.88. The number of nitrogens with one attached hydrogen (secondary N) is 1. The first-order valence-corrected chi connectivity index (χ1v) is 6.35. The average Bonchev–Trinajstić information content (AvgIpc) is 2.50. The SMILES string of the molecule is CC(C)CNCC1CCOc2ccccc2O1. The first-order chi connectivity index (χ1) is 8.25. The Labute approximate surface area is 103 Å². The van der Waals surface area contributed by atoms with E-state index in [1.807, 2.05) is 24.3 Å². The number of fused-ring (bicyclic) bond motifs is 1. The van der Waals surface area contributed by atoms with Crippen LogP contribution in [0.3, 0.4) is 0 Å². The summed E-state index contributed by atoms with van der Waals surface area (Å²) in [6.07, 6.45) is 1.14. The maximum atomic E-state index is 5.95. The predicted molar refractivity (Wildman–Crippen MR) is 68.7 cm³/mol. The van der Waals surface area contributed by atoms with Crippen LogP contribution in [0, 0.1) is 5.92 Å². The van der Waals surface area contributed by atoms with E-state index in [4.69, 9.17) is 9.47 Å². The van der Waals surface area contributed by atoms with Gasteiger partial charge >= 0.3 is 0 Å². The zero-order chi connectivity index (χ0) is 12.1. The van der Waals surface area contributed by atoms with E-state index in [1.165, 1.54) is 0 Å². The van der Waals surface area contributed by atoms with Crippen LogP contribution in [0.15, 0.2) is 24.3 Å². The molecule has 0 fully saturated rings. The molecule has 0 aliphatic carbocycles. The van der Waals surface area contributed by atoms with E-state index in [0.717, 1.165) is 37.6 Å². The molecule has 1 aliphatic heterocycles. The summed E-state index contributed by atoms with van der Waals surface area (Å²) in [4.78, 5) is 0. The molecule has 0 saturated carbocycles. The molecule has 0 amide bonds. The zero-order valence-corrected chi connectivity index (χ0v) is 10.6. The molecule has 1 heterocycles. The molecule has 1 unspecified atom stereocenters. The van der Waals surface area contributed by atoms with Crippen LogP contribution in [0.4, 0.5) is 0 Å². The summed E-state index contributed by atoms with van der Waals surface area (Å²) in [5.41, 5.74) is 0. The summed E-state index contributed by atoms with van der Waals surface area (Å²) in [6, 6.07) is 7.88. The fourth-order valence-corrected chi connectivity index (χ4v) is 1.88. The van der Waals surface area contributed by atoms with Crippen LogP contribution in [0.2, 0.25) is 0 Å². The van der Waals surface area contributed by atoms with Gasteiger partial charge in [0, 0.05) is 13.0 Å². The van der Waals surface area contributed by atoms with Gasteiger partial charge in [-0.1, -0.05) is 26.0 Å². The number of para-hydroxylation sites is 2. The van der Waals surface area contributed by atoms with Gasteiger partial charge in [-0.25, -0.2) is 0 Å². The van der Waals surface area contributed by atoms with Crippen molar-refractivity contribution in [3.8, 4) is 11.5 Å². The third kappa shape index (κ3) is 3.63. The zero-order valence-electron chi connectivity index (χ0n) is 10.6. The Morgan fingerprint density at radius 3 is 2.82 bits per heavy atom. The van der Waals surface area contributed by atoms with Crippen LogP contribution in [-0.2, 0) is 0 Å². The van der Waals surface area contributed by atoms with Gasteiger partial charge in [-0.2, -0.15) is 0 Å². The number of benzene rings is 1. The summed E-state index contributed by atoms with van der Waals surface area (Å²) >= 11 is 0. The average molecular weight is 235 g/mol. The molecule has 0 spiro atoms. The Morgan fingerprint density at radius 2 is 2.06 bits per heavy atom. The van der Waals surface area contributed by atoms with Crippen molar-refractivity contribution in [2.75, 3.05) is 19.7 Å². The van der Waals surface area contributed by atoms with Crippen molar-refractivity contribution in [3.05, 3.63) is 24.3 Å². The molecule has 94 valence electrons. The monoisotopic (exact) mass is 235 g/mol. The minimum atomic E-state index is 0.206. The Balaban J connectivity index is 1.89. The van der Waals surface area contributed by atoms with Crippen LogP contribution >= 0.6 is 0 Å². The van der Waals surface area contributed by atoms with Crippen LogP contribution in [0.5, 0.6) is 11.5 Å². The van der Waals surface area contributed by atoms with E-state index in [0.29, 0.717) is 5.92 Å². The van der Waals surface area contributed by atoms with Crippen LogP contribution in [0.25, 0.3) is 0 Å². The lowest BCUT2D eigenvalue weighted by Crippen LogP contribution is -2.33. The van der Waals surface area contributed by atoms with Gasteiger partial charge in [-0.3, -0.25) is 0 Å². The van der Waals surface area contributed by atoms with Crippen molar-refractivity contribution in [2.24, 2.45) is 5.92 Å². The van der Waals surface area contributed by atoms with Crippen molar-refractivity contribution >= 4 is 0 Å². The van der Waals surface area contributed by atoms with Gasteiger partial charge in [0.25, 0.3) is 0 Å². The molecule has 2 rings (SSSR count). The molecule has 17 heavy (non-hydrogen) atoms. The molecule has 1 aliphatic rings. The largest absolute Gasteiger partial charge is 0.490 e. The van der Waals surface area contributed by atoms with Gasteiger partial charge in [0.1, 0.15) is 6.10 Å². The van der Waals surface area contributed by atoms with Crippen molar-refractivity contribution in [3.63, 3.8) is 0 Å². The van der Waals surface area contributed by atoms with Crippen LogP contribution in [-0.4, -0.2) is 25.8 Å². The lowest BCUT2D eigenvalue weighted by Gasteiger charge is -2.17. The standard InChI is InChI=1S/C14H21NO2/c1-11(2)9-15-10-12-7-8-16-13-5-3-4-6-14(13)17-12/h3-6,11-12,15H,7-10H2,1-2H3. The van der Waals surface area contributed by atoms with E-state index in [-0.39, 0.29) is 6.10 Å². The number of hydrogen-bond donors (Lipinski definition) is 1. The van der Waals surface area contributed by atoms with Gasteiger partial charge in [0.05, 0.1) is 6.61 Å². The maximum absolute atomic E-state index is 5.95. The minimum absolute atomic E-state index is 0.206. The van der Waals surface area contributed by atoms with Gasteiger partial charge in [0.2, 0.25) is 0 Å². The molecule has 0 saturated heterocycles. The second kappa shape index (κ2) is 5.92. The second-order valence-corrected chi connectivity index (χ2v) is 4.88. The van der Waals surface area contributed by atoms with E-state index < -0.39 is 0 Å². The van der Waals surface area contributed by atoms with E-state index in [2.05, 4.69) is 19.2 Å². The normalized spacial score (nSPS) is 19.1. The Kier molecular flexibility index (Phi) is 4.26. The highest BCUT2D eigenvalue weighted by atomic mass is 16.5. The topological polar surface area (TPSA) is 30.5 Å². The quantitative estimate of drug-likeness (QED) is 0.869. The highest BCUT2D eigenvalue weighted by molar-refractivity contribution is 5.40. The van der Waals surface area contributed by atoms with Gasteiger partial charge in [-0.15, -0.1) is 0 Å². The third-order valence-corrected chi connectivity index (χ3v) is 2.76. The van der Waals surface area contributed by atoms with E-state index in [9.17, 15) is 0 Å². The predicted octanol–water partition coefficient (Wildman–Crippen LogP) is 2.46. The Morgan fingerprint density at radius 1 is 1.29 bits per heavy atom. The third-order valence-electron chi connectivity index (χ3n) is 2.76. The Hall–Kier alpha value is -1.22. The van der Waals surface area contributed by atoms with Crippen molar-refractivity contribution in [1.29, 1.82) is 0 Å². The molecule has 1 aromatic carbocycles. The molecule has 1 atom stereocenters. The van der Waals surface area contributed by atoms with Crippen molar-refractivity contribution < 1.29 is 9.47 Å². The van der Waals surface area contributed by atoms with Gasteiger partial charge < -0.3 is 14.8 Å². The van der Waals surface area contributed by atoms with Crippen LogP contribution in [0.1, 0.15) is 20.3 Å². The fraction of sp³-hybridized carbons (Fsp3) is 0.571. The van der Waals surface area contributed by atoms with Crippen LogP contribution < -0.4 is 14.8 Å². The van der Waals surface area contributed by atoms with Crippen molar-refractivity contribution in [2.45, 2.75) is 26.4 Å². The van der Waals surface area contributed by atoms with Crippen molar-refractivity contribution in [1.82, 2.24) is 5.32 Å². The molecular formula is C14H21NO2. The summed E-state index contributed by atoms with van der Waals surface area (Å²) in [5, 5.41) is 3.43. The first-order valence-electron chi connectivity index (χ1n) is 6.35. The molecule has 1 aromatic rings. The molecule has 1 N–H and O–H groups in total. The summed E-state index contributed by atoms with van der Waals surface area (Å²) in [5.74, 6) is 2.39. The summed E-state index contributed by atoms with van der Waals surface area (Å²) in [6.45, 7) is 7.06. The summed E-state index contributed by atoms with van der Waals surface area (Å²) < 4.78 is 11.6. The first kappa shape index (κ1) is 12.2. The molecule has 0 radical (unpaired) electrons. The second-order valence-electron chi connectivity index (χ2n) is 4.88. The molecule has 0 aromatic heterocycles. The maximum Gasteiger partial charge on any atom is 0.161 e. The molecule has 0 bridgehead atoms. The summed E-state index contributed by atoms with van der Waals surface area (Å²) in [7, 11) is 0. The lowest BCUT2D eigenvalue weighted by atomic mass is 10.2. The van der Waals surface area contributed by atoms with E-state index in [1.54, 1.807) is 0 Å². The van der Waals surface area contributed by atoms with E-state index >= 15 is 0 Å². The minimum Gasteiger partial charge on any atom is -0.490 e. The molecule has 3 heteroatoms. The number of rotatable bonds is 4. The molecular weight excluding hydrogens is 214 g/mol. The highest BCUT2D eigenvalue weighted by Gasteiger charge is 2.17. The molecule has 3 nitrogen and oxygen atoms in total. The van der Waals surface area contributed by atoms with Gasteiger partial charge in [0.15, 0.2) is 11.5 Å². The smallest absolute Gasteiger partial charge is 0.161 e. The highest BCUT2D eigenvalue weighted by Crippen LogP contribution is 2.30. The van der Waals surface area contributed by atoms with Gasteiger partial charge in [-0.05, 0) is 24.6 Å². The Bertz CT molecular complexity index is 352. The number of ether oxygens (including phenoxy) is 2. The lowest BCUT2D eigenvalue weighted by molar-refractivity contribution is 0.186. The number of hydrogen-bond acceptors (Lipinski definition) is 3.